The van der Waals surface area contributed by atoms with Crippen LogP contribution in [0.15, 0.2) is 48.5 Å². The van der Waals surface area contributed by atoms with Crippen molar-refractivity contribution in [1.82, 2.24) is 4.90 Å². The molecule has 28 heavy (non-hydrogen) atoms. The standard InChI is InChI=1S/C21H25N3O3.ClH/c1-21(2,3)17-10-9-15(11-19(17)24(26)27)20(25)23-12-16(18(22)13-23)14-7-5-4-6-8-14;/h4-11,16,18H,12-13,22H2,1-3H3;1H/t16-,18+;/m0./s1. The van der Waals surface area contributed by atoms with Gasteiger partial charge in [-0.15, -0.1) is 12.4 Å². The van der Waals surface area contributed by atoms with Gasteiger partial charge in [0.25, 0.3) is 11.6 Å². The lowest BCUT2D eigenvalue weighted by atomic mass is 9.85. The zero-order valence-corrected chi connectivity index (χ0v) is 17.1. The van der Waals surface area contributed by atoms with Gasteiger partial charge in [0.05, 0.1) is 4.92 Å². The third kappa shape index (κ3) is 4.34. The largest absolute Gasteiger partial charge is 0.336 e. The predicted octanol–water partition coefficient (Wildman–Crippen LogP) is 3.88. The average molecular weight is 404 g/mol. The number of hydrogen-bond acceptors (Lipinski definition) is 4. The molecule has 0 unspecified atom stereocenters. The first-order valence-corrected chi connectivity index (χ1v) is 9.07. The van der Waals surface area contributed by atoms with Gasteiger partial charge < -0.3 is 10.6 Å². The predicted molar refractivity (Wildman–Crippen MR) is 112 cm³/mol. The van der Waals surface area contributed by atoms with E-state index in [0.29, 0.717) is 24.2 Å². The van der Waals surface area contributed by atoms with Crippen molar-refractivity contribution in [2.24, 2.45) is 5.73 Å². The Kier molecular flexibility index (Phi) is 6.47. The van der Waals surface area contributed by atoms with E-state index in [9.17, 15) is 14.9 Å². The summed E-state index contributed by atoms with van der Waals surface area (Å²) in [5.41, 5.74) is 7.93. The molecule has 0 spiro atoms. The summed E-state index contributed by atoms with van der Waals surface area (Å²) in [5, 5.41) is 11.5. The molecule has 1 saturated heterocycles. The maximum absolute atomic E-state index is 13.0. The molecule has 6 nitrogen and oxygen atoms in total. The van der Waals surface area contributed by atoms with E-state index < -0.39 is 4.92 Å². The van der Waals surface area contributed by atoms with Crippen LogP contribution in [0.4, 0.5) is 5.69 Å². The highest BCUT2D eigenvalue weighted by atomic mass is 35.5. The molecule has 2 atom stereocenters. The van der Waals surface area contributed by atoms with Crippen LogP contribution < -0.4 is 5.73 Å². The number of halogens is 1. The highest BCUT2D eigenvalue weighted by molar-refractivity contribution is 5.95. The summed E-state index contributed by atoms with van der Waals surface area (Å²) in [7, 11) is 0. The Morgan fingerprint density at radius 2 is 1.79 bits per heavy atom. The van der Waals surface area contributed by atoms with E-state index in [0.717, 1.165) is 5.56 Å². The van der Waals surface area contributed by atoms with E-state index in [2.05, 4.69) is 0 Å². The van der Waals surface area contributed by atoms with Gasteiger partial charge in [0.2, 0.25) is 0 Å². The molecular formula is C21H26ClN3O3. The Morgan fingerprint density at radius 3 is 2.36 bits per heavy atom. The molecule has 1 aliphatic rings. The SMILES string of the molecule is CC(C)(C)c1ccc(C(=O)N2C[C@@H](N)[C@H](c3ccccc3)C2)cc1[N+](=O)[O-].Cl. The third-order valence-electron chi connectivity index (χ3n) is 5.13. The minimum Gasteiger partial charge on any atom is -0.336 e. The van der Waals surface area contributed by atoms with E-state index in [-0.39, 0.29) is 41.4 Å². The number of nitrogens with zero attached hydrogens (tertiary/aromatic N) is 2. The van der Waals surface area contributed by atoms with Crippen molar-refractivity contribution in [1.29, 1.82) is 0 Å². The highest BCUT2D eigenvalue weighted by Crippen LogP contribution is 2.33. The number of likely N-dealkylation sites (tertiary alicyclic amines) is 1. The number of rotatable bonds is 3. The van der Waals surface area contributed by atoms with Gasteiger partial charge >= 0.3 is 0 Å². The van der Waals surface area contributed by atoms with Crippen molar-refractivity contribution in [3.05, 3.63) is 75.3 Å². The van der Waals surface area contributed by atoms with Crippen molar-refractivity contribution < 1.29 is 9.72 Å². The lowest BCUT2D eigenvalue weighted by Gasteiger charge is -2.20. The number of nitrogens with two attached hydrogens (primary N) is 1. The van der Waals surface area contributed by atoms with Gasteiger partial charge in [0.15, 0.2) is 0 Å². The number of nitro benzene ring substituents is 1. The van der Waals surface area contributed by atoms with Gasteiger partial charge in [-0.2, -0.15) is 0 Å². The van der Waals surface area contributed by atoms with Gasteiger partial charge in [-0.3, -0.25) is 14.9 Å². The van der Waals surface area contributed by atoms with Crippen molar-refractivity contribution in [2.45, 2.75) is 38.1 Å². The summed E-state index contributed by atoms with van der Waals surface area (Å²) < 4.78 is 0. The molecule has 0 radical (unpaired) electrons. The number of amides is 1. The van der Waals surface area contributed by atoms with Crippen LogP contribution in [0.2, 0.25) is 0 Å². The Hall–Kier alpha value is -2.44. The van der Waals surface area contributed by atoms with Crippen LogP contribution in [0.25, 0.3) is 0 Å². The second-order valence-electron chi connectivity index (χ2n) is 8.13. The molecule has 3 rings (SSSR count). The quantitative estimate of drug-likeness (QED) is 0.622. The third-order valence-corrected chi connectivity index (χ3v) is 5.13. The highest BCUT2D eigenvalue weighted by Gasteiger charge is 2.35. The number of benzene rings is 2. The molecule has 1 amide bonds. The topological polar surface area (TPSA) is 89.5 Å². The Balaban J connectivity index is 0.00000280. The van der Waals surface area contributed by atoms with Crippen molar-refractivity contribution in [3.8, 4) is 0 Å². The maximum Gasteiger partial charge on any atom is 0.273 e. The molecule has 0 saturated carbocycles. The normalized spacial score (nSPS) is 19.2. The van der Waals surface area contributed by atoms with Crippen LogP contribution in [-0.2, 0) is 5.41 Å². The Bertz CT molecular complexity index is 865. The number of nitro groups is 1. The minimum absolute atomic E-state index is 0. The van der Waals surface area contributed by atoms with Gasteiger partial charge in [-0.1, -0.05) is 57.2 Å². The monoisotopic (exact) mass is 403 g/mol. The second-order valence-corrected chi connectivity index (χ2v) is 8.13. The first kappa shape index (κ1) is 21.9. The summed E-state index contributed by atoms with van der Waals surface area (Å²) >= 11 is 0. The summed E-state index contributed by atoms with van der Waals surface area (Å²) in [6.07, 6.45) is 0. The zero-order chi connectivity index (χ0) is 19.8. The summed E-state index contributed by atoms with van der Waals surface area (Å²) in [6.45, 7) is 6.70. The number of carbonyl (C=O) groups excluding carboxylic acids is 1. The summed E-state index contributed by atoms with van der Waals surface area (Å²) in [4.78, 5) is 25.7. The van der Waals surface area contributed by atoms with Gasteiger partial charge in [-0.25, -0.2) is 0 Å². The second kappa shape index (κ2) is 8.29. The van der Waals surface area contributed by atoms with Crippen molar-refractivity contribution in [3.63, 3.8) is 0 Å². The lowest BCUT2D eigenvalue weighted by molar-refractivity contribution is -0.386. The molecule has 0 bridgehead atoms. The first-order valence-electron chi connectivity index (χ1n) is 9.07. The smallest absolute Gasteiger partial charge is 0.273 e. The van der Waals surface area contributed by atoms with E-state index in [1.54, 1.807) is 17.0 Å². The van der Waals surface area contributed by atoms with Gasteiger partial charge in [0.1, 0.15) is 0 Å². The van der Waals surface area contributed by atoms with Gasteiger partial charge in [-0.05, 0) is 17.0 Å². The molecule has 150 valence electrons. The molecule has 2 aromatic carbocycles. The van der Waals surface area contributed by atoms with Crippen LogP contribution in [0.3, 0.4) is 0 Å². The van der Waals surface area contributed by atoms with Crippen LogP contribution in [0, 0.1) is 10.1 Å². The molecule has 7 heteroatoms. The molecule has 2 aromatic rings. The number of hydrogen-bond donors (Lipinski definition) is 1. The average Bonchev–Trinajstić information content (AvgIpc) is 3.02. The van der Waals surface area contributed by atoms with E-state index in [4.69, 9.17) is 5.73 Å². The maximum atomic E-state index is 13.0. The molecule has 0 aliphatic carbocycles. The first-order chi connectivity index (χ1) is 12.7. The molecule has 0 aromatic heterocycles. The fourth-order valence-corrected chi connectivity index (χ4v) is 3.68. The molecule has 1 fully saturated rings. The number of carbonyl (C=O) groups is 1. The van der Waals surface area contributed by atoms with Crippen LogP contribution >= 0.6 is 12.4 Å². The molecular weight excluding hydrogens is 378 g/mol. The molecule has 1 heterocycles. The van der Waals surface area contributed by atoms with Crippen molar-refractivity contribution >= 4 is 24.0 Å². The van der Waals surface area contributed by atoms with Crippen LogP contribution in [0.5, 0.6) is 0 Å². The fraction of sp³-hybridized carbons (Fsp3) is 0.381. The minimum atomic E-state index is -0.417. The van der Waals surface area contributed by atoms with Crippen molar-refractivity contribution in [2.75, 3.05) is 13.1 Å². The zero-order valence-electron chi connectivity index (χ0n) is 16.3. The van der Waals surface area contributed by atoms with Crippen LogP contribution in [-0.4, -0.2) is 34.9 Å². The van der Waals surface area contributed by atoms with Gasteiger partial charge in [0, 0.05) is 42.2 Å². The summed E-state index contributed by atoms with van der Waals surface area (Å²) in [6, 6.07) is 14.5. The molecule has 1 aliphatic heterocycles. The Labute approximate surface area is 171 Å². The van der Waals surface area contributed by atoms with E-state index in [1.165, 1.54) is 6.07 Å². The molecule has 2 N–H and O–H groups in total. The fourth-order valence-electron chi connectivity index (χ4n) is 3.68. The lowest BCUT2D eigenvalue weighted by Crippen LogP contribution is -2.32. The summed E-state index contributed by atoms with van der Waals surface area (Å²) in [5.74, 6) is -0.147. The van der Waals surface area contributed by atoms with E-state index >= 15 is 0 Å². The van der Waals surface area contributed by atoms with E-state index in [1.807, 2.05) is 51.1 Å². The Morgan fingerprint density at radius 1 is 1.14 bits per heavy atom. The van der Waals surface area contributed by atoms with Crippen LogP contribution in [0.1, 0.15) is 48.2 Å².